The zero-order chi connectivity index (χ0) is 14.8. The van der Waals surface area contributed by atoms with E-state index in [9.17, 15) is 0 Å². The molecule has 0 saturated heterocycles. The van der Waals surface area contributed by atoms with Crippen molar-refractivity contribution in [3.05, 3.63) is 21.4 Å². The Morgan fingerprint density at radius 1 is 1.29 bits per heavy atom. The lowest BCUT2D eigenvalue weighted by molar-refractivity contribution is 0.244. The van der Waals surface area contributed by atoms with Crippen molar-refractivity contribution in [2.75, 3.05) is 13.1 Å². The van der Waals surface area contributed by atoms with E-state index in [1.54, 1.807) is 5.56 Å². The summed E-state index contributed by atoms with van der Waals surface area (Å²) in [6.45, 7) is 11.5. The summed E-state index contributed by atoms with van der Waals surface area (Å²) in [5.74, 6) is 1.74. The van der Waals surface area contributed by atoms with Gasteiger partial charge in [0.25, 0.3) is 0 Å². The molecule has 118 valence electrons. The maximum atomic E-state index is 3.57. The second kappa shape index (κ2) is 6.80. The lowest BCUT2D eigenvalue weighted by Gasteiger charge is -2.21. The molecule has 2 nitrogen and oxygen atoms in total. The van der Waals surface area contributed by atoms with Crippen molar-refractivity contribution < 1.29 is 0 Å². The van der Waals surface area contributed by atoms with Gasteiger partial charge in [-0.1, -0.05) is 13.8 Å². The number of aryl methyl sites for hydroxylation is 1. The van der Waals surface area contributed by atoms with Crippen LogP contribution in [0.1, 0.15) is 54.8 Å². The normalized spacial score (nSPS) is 18.9. The van der Waals surface area contributed by atoms with Gasteiger partial charge in [0.2, 0.25) is 0 Å². The predicted molar refractivity (Wildman–Crippen MR) is 91.8 cm³/mol. The minimum absolute atomic E-state index is 0.731. The Morgan fingerprint density at radius 3 is 2.67 bits per heavy atom. The Balaban J connectivity index is 1.54. The van der Waals surface area contributed by atoms with Gasteiger partial charge in [0.15, 0.2) is 0 Å². The Kier molecular flexibility index (Phi) is 5.03. The summed E-state index contributed by atoms with van der Waals surface area (Å²) in [4.78, 5) is 5.79. The van der Waals surface area contributed by atoms with Crippen molar-refractivity contribution in [1.29, 1.82) is 0 Å². The van der Waals surface area contributed by atoms with Crippen molar-refractivity contribution in [3.63, 3.8) is 0 Å². The molecule has 1 aromatic heterocycles. The van der Waals surface area contributed by atoms with Gasteiger partial charge in [-0.05, 0) is 62.6 Å². The van der Waals surface area contributed by atoms with Gasteiger partial charge in [-0.25, -0.2) is 0 Å². The average molecular weight is 307 g/mol. The summed E-state index contributed by atoms with van der Waals surface area (Å²) < 4.78 is 0. The van der Waals surface area contributed by atoms with Crippen LogP contribution in [0.3, 0.4) is 0 Å². The highest BCUT2D eigenvalue weighted by atomic mass is 32.1. The fourth-order valence-corrected chi connectivity index (χ4v) is 3.97. The molecule has 1 aromatic rings. The number of rotatable bonds is 9. The SMILES string of the molecule is Cc1sc(CNCC(C)C)cc1CN(CC1CC1)C1CC1. The van der Waals surface area contributed by atoms with E-state index in [1.165, 1.54) is 48.5 Å². The maximum absolute atomic E-state index is 3.57. The molecule has 0 radical (unpaired) electrons. The summed E-state index contributed by atoms with van der Waals surface area (Å²) in [6, 6.07) is 3.35. The zero-order valence-electron chi connectivity index (χ0n) is 13.8. The van der Waals surface area contributed by atoms with E-state index in [-0.39, 0.29) is 0 Å². The number of thiophene rings is 1. The molecule has 21 heavy (non-hydrogen) atoms. The van der Waals surface area contributed by atoms with Crippen molar-refractivity contribution in [1.82, 2.24) is 10.2 Å². The Hall–Kier alpha value is -0.380. The van der Waals surface area contributed by atoms with E-state index in [0.29, 0.717) is 0 Å². The van der Waals surface area contributed by atoms with Gasteiger partial charge in [-0.15, -0.1) is 11.3 Å². The Morgan fingerprint density at radius 2 is 2.05 bits per heavy atom. The molecule has 2 fully saturated rings. The molecular formula is C18H30N2S. The van der Waals surface area contributed by atoms with E-state index in [1.807, 2.05) is 11.3 Å². The van der Waals surface area contributed by atoms with Gasteiger partial charge in [-0.3, -0.25) is 4.90 Å². The molecule has 3 rings (SSSR count). The smallest absolute Gasteiger partial charge is 0.0300 e. The molecule has 2 aliphatic rings. The minimum Gasteiger partial charge on any atom is -0.312 e. The van der Waals surface area contributed by atoms with Gasteiger partial charge < -0.3 is 5.32 Å². The third-order valence-electron chi connectivity index (χ3n) is 4.55. The summed E-state index contributed by atoms with van der Waals surface area (Å²) in [5.41, 5.74) is 1.58. The molecule has 2 aliphatic carbocycles. The Labute approximate surface area is 133 Å². The van der Waals surface area contributed by atoms with Crippen LogP contribution >= 0.6 is 11.3 Å². The number of hydrogen-bond acceptors (Lipinski definition) is 3. The van der Waals surface area contributed by atoms with E-state index in [0.717, 1.165) is 31.0 Å². The van der Waals surface area contributed by atoms with Crippen LogP contribution in [-0.2, 0) is 13.1 Å². The molecule has 0 spiro atoms. The molecule has 2 saturated carbocycles. The van der Waals surface area contributed by atoms with Gasteiger partial charge in [-0.2, -0.15) is 0 Å². The number of nitrogens with zero attached hydrogens (tertiary/aromatic N) is 1. The highest BCUT2D eigenvalue weighted by Gasteiger charge is 2.33. The van der Waals surface area contributed by atoms with Crippen LogP contribution in [0.5, 0.6) is 0 Å². The van der Waals surface area contributed by atoms with Gasteiger partial charge in [0.05, 0.1) is 0 Å². The van der Waals surface area contributed by atoms with Crippen LogP contribution in [0.15, 0.2) is 6.07 Å². The summed E-state index contributed by atoms with van der Waals surface area (Å²) in [7, 11) is 0. The average Bonchev–Trinajstić information content (AvgIpc) is 3.30. The molecule has 0 atom stereocenters. The number of nitrogens with one attached hydrogen (secondary N) is 1. The lowest BCUT2D eigenvalue weighted by Crippen LogP contribution is -2.27. The van der Waals surface area contributed by atoms with E-state index < -0.39 is 0 Å². The molecule has 0 bridgehead atoms. The van der Waals surface area contributed by atoms with Crippen LogP contribution in [0.25, 0.3) is 0 Å². The first kappa shape index (κ1) is 15.5. The standard InChI is InChI=1S/C18H30N2S/c1-13(2)9-19-10-18-8-16(14(3)21-18)12-20(17-6-7-17)11-15-4-5-15/h8,13,15,17,19H,4-7,9-12H2,1-3H3. The van der Waals surface area contributed by atoms with Gasteiger partial charge >= 0.3 is 0 Å². The van der Waals surface area contributed by atoms with Gasteiger partial charge in [0.1, 0.15) is 0 Å². The highest BCUT2D eigenvalue weighted by molar-refractivity contribution is 7.12. The first-order chi connectivity index (χ1) is 10.1. The van der Waals surface area contributed by atoms with Crippen molar-refractivity contribution in [2.24, 2.45) is 11.8 Å². The molecule has 0 amide bonds. The Bertz CT molecular complexity index is 458. The quantitative estimate of drug-likeness (QED) is 0.736. The van der Waals surface area contributed by atoms with Crippen LogP contribution < -0.4 is 5.32 Å². The molecular weight excluding hydrogens is 276 g/mol. The van der Waals surface area contributed by atoms with Crippen molar-refractivity contribution in [3.8, 4) is 0 Å². The summed E-state index contributed by atoms with van der Waals surface area (Å²) in [6.07, 6.45) is 5.80. The maximum Gasteiger partial charge on any atom is 0.0300 e. The predicted octanol–water partition coefficient (Wildman–Crippen LogP) is 4.18. The molecule has 3 heteroatoms. The highest BCUT2D eigenvalue weighted by Crippen LogP contribution is 2.36. The monoisotopic (exact) mass is 306 g/mol. The first-order valence-electron chi connectivity index (χ1n) is 8.64. The molecule has 0 aliphatic heterocycles. The van der Waals surface area contributed by atoms with E-state index in [2.05, 4.69) is 37.1 Å². The molecule has 0 aromatic carbocycles. The first-order valence-corrected chi connectivity index (χ1v) is 9.46. The molecule has 0 unspecified atom stereocenters. The van der Waals surface area contributed by atoms with Crippen LogP contribution in [-0.4, -0.2) is 24.0 Å². The lowest BCUT2D eigenvalue weighted by atomic mass is 10.2. The molecule has 1 heterocycles. The van der Waals surface area contributed by atoms with Gasteiger partial charge in [0, 0.05) is 35.4 Å². The largest absolute Gasteiger partial charge is 0.312 e. The third kappa shape index (κ3) is 4.80. The zero-order valence-corrected chi connectivity index (χ0v) is 14.6. The van der Waals surface area contributed by atoms with Crippen LogP contribution in [0.4, 0.5) is 0 Å². The van der Waals surface area contributed by atoms with Crippen molar-refractivity contribution >= 4 is 11.3 Å². The second-order valence-corrected chi connectivity index (χ2v) is 8.76. The second-order valence-electron chi connectivity index (χ2n) is 7.42. The third-order valence-corrected chi connectivity index (χ3v) is 5.64. The fourth-order valence-electron chi connectivity index (χ4n) is 2.95. The number of hydrogen-bond donors (Lipinski definition) is 1. The molecule has 1 N–H and O–H groups in total. The van der Waals surface area contributed by atoms with Crippen LogP contribution in [0, 0.1) is 18.8 Å². The topological polar surface area (TPSA) is 15.3 Å². The van der Waals surface area contributed by atoms with Crippen molar-refractivity contribution in [2.45, 2.75) is 65.6 Å². The minimum atomic E-state index is 0.731. The van der Waals surface area contributed by atoms with E-state index in [4.69, 9.17) is 0 Å². The van der Waals surface area contributed by atoms with E-state index >= 15 is 0 Å². The summed E-state index contributed by atoms with van der Waals surface area (Å²) in [5, 5.41) is 3.57. The summed E-state index contributed by atoms with van der Waals surface area (Å²) >= 11 is 1.99. The van der Waals surface area contributed by atoms with Crippen LogP contribution in [0.2, 0.25) is 0 Å². The fraction of sp³-hybridized carbons (Fsp3) is 0.778.